The second-order valence-corrected chi connectivity index (χ2v) is 7.45. The fourth-order valence-electron chi connectivity index (χ4n) is 2.69. The fraction of sp³-hybridized carbons (Fsp3) is 1.00. The Bertz CT molecular complexity index is 262. The Morgan fingerprint density at radius 3 is 2.50 bits per heavy atom. The Kier molecular flexibility index (Phi) is 7.51. The van der Waals surface area contributed by atoms with Crippen molar-refractivity contribution in [3.63, 3.8) is 0 Å². The highest BCUT2D eigenvalue weighted by Gasteiger charge is 2.28. The minimum Gasteiger partial charge on any atom is -0.324 e. The highest BCUT2D eigenvalue weighted by atomic mass is 31.2. The molecule has 0 heterocycles. The van der Waals surface area contributed by atoms with Crippen LogP contribution in [0, 0.1) is 5.92 Å². The molecule has 0 saturated heterocycles. The summed E-state index contributed by atoms with van der Waals surface area (Å²) >= 11 is 0. The maximum atomic E-state index is 12.1. The van der Waals surface area contributed by atoms with Crippen LogP contribution in [0.15, 0.2) is 0 Å². The van der Waals surface area contributed by atoms with E-state index >= 15 is 0 Å². The van der Waals surface area contributed by atoms with Gasteiger partial charge in [-0.2, -0.15) is 0 Å². The molecule has 3 nitrogen and oxygen atoms in total. The first-order chi connectivity index (χ1) is 8.57. The van der Waals surface area contributed by atoms with Crippen molar-refractivity contribution in [1.29, 1.82) is 0 Å². The van der Waals surface area contributed by atoms with E-state index in [9.17, 15) is 9.46 Å². The predicted octanol–water partition coefficient (Wildman–Crippen LogP) is 4.74. The highest BCUT2D eigenvalue weighted by Crippen LogP contribution is 2.48. The first kappa shape index (κ1) is 16.2. The topological polar surface area (TPSA) is 46.5 Å². The maximum absolute atomic E-state index is 12.1. The average Bonchev–Trinajstić information content (AvgIpc) is 2.35. The summed E-state index contributed by atoms with van der Waals surface area (Å²) in [6.07, 6.45) is 10.1. The minimum absolute atomic E-state index is 0.0262. The molecule has 0 spiro atoms. The zero-order chi connectivity index (χ0) is 13.4. The summed E-state index contributed by atoms with van der Waals surface area (Å²) in [7, 11) is -3.37. The Morgan fingerprint density at radius 1 is 1.28 bits per heavy atom. The van der Waals surface area contributed by atoms with Gasteiger partial charge in [0.2, 0.25) is 0 Å². The molecule has 18 heavy (non-hydrogen) atoms. The number of rotatable bonds is 8. The lowest BCUT2D eigenvalue weighted by atomic mass is 9.98. The lowest BCUT2D eigenvalue weighted by Gasteiger charge is -2.26. The standard InChI is InChI=1S/C14H29O3P/c1-3-5-9-13(4-2)12-18(15,16)17-14-10-7-6-8-11-14/h13-14H,3-12H2,1-2H3,(H,15,16). The molecule has 0 aromatic carbocycles. The van der Waals surface area contributed by atoms with Crippen LogP contribution in [0.3, 0.4) is 0 Å². The van der Waals surface area contributed by atoms with Crippen LogP contribution in [0.25, 0.3) is 0 Å². The van der Waals surface area contributed by atoms with Crippen LogP contribution in [0.1, 0.15) is 71.6 Å². The van der Waals surface area contributed by atoms with Crippen molar-refractivity contribution >= 4 is 7.60 Å². The summed E-state index contributed by atoms with van der Waals surface area (Å²) in [5, 5.41) is 0. The van der Waals surface area contributed by atoms with Gasteiger partial charge in [-0.15, -0.1) is 0 Å². The molecule has 0 aromatic heterocycles. The Balaban J connectivity index is 2.38. The van der Waals surface area contributed by atoms with E-state index < -0.39 is 7.60 Å². The molecule has 1 N–H and O–H groups in total. The van der Waals surface area contributed by atoms with Crippen molar-refractivity contribution in [2.75, 3.05) is 6.16 Å². The van der Waals surface area contributed by atoms with Gasteiger partial charge in [0, 0.05) is 0 Å². The molecule has 0 amide bonds. The van der Waals surface area contributed by atoms with Gasteiger partial charge in [-0.3, -0.25) is 4.57 Å². The maximum Gasteiger partial charge on any atom is 0.328 e. The summed E-state index contributed by atoms with van der Waals surface area (Å²) in [4.78, 5) is 10.0. The van der Waals surface area contributed by atoms with Crippen molar-refractivity contribution in [2.24, 2.45) is 5.92 Å². The lowest BCUT2D eigenvalue weighted by Crippen LogP contribution is -2.17. The van der Waals surface area contributed by atoms with E-state index in [1.165, 1.54) is 6.42 Å². The lowest BCUT2D eigenvalue weighted by molar-refractivity contribution is 0.133. The monoisotopic (exact) mass is 276 g/mol. The number of hydrogen-bond donors (Lipinski definition) is 1. The second-order valence-electron chi connectivity index (χ2n) is 5.60. The van der Waals surface area contributed by atoms with Crippen LogP contribution in [0.4, 0.5) is 0 Å². The molecule has 0 bridgehead atoms. The third kappa shape index (κ3) is 6.36. The van der Waals surface area contributed by atoms with Crippen LogP contribution in [-0.2, 0) is 9.09 Å². The second kappa shape index (κ2) is 8.35. The molecule has 2 atom stereocenters. The number of hydrogen-bond acceptors (Lipinski definition) is 2. The SMILES string of the molecule is CCCCC(CC)CP(=O)(O)OC1CCCCC1. The van der Waals surface area contributed by atoms with E-state index in [0.29, 0.717) is 12.1 Å². The van der Waals surface area contributed by atoms with E-state index in [-0.39, 0.29) is 6.10 Å². The van der Waals surface area contributed by atoms with Crippen molar-refractivity contribution in [3.8, 4) is 0 Å². The third-order valence-electron chi connectivity index (χ3n) is 3.90. The molecular weight excluding hydrogens is 247 g/mol. The largest absolute Gasteiger partial charge is 0.328 e. The van der Waals surface area contributed by atoms with Crippen LogP contribution in [-0.4, -0.2) is 17.2 Å². The molecule has 1 rings (SSSR count). The molecule has 0 aromatic rings. The first-order valence-electron chi connectivity index (χ1n) is 7.57. The van der Waals surface area contributed by atoms with Gasteiger partial charge in [0.05, 0.1) is 12.3 Å². The zero-order valence-electron chi connectivity index (χ0n) is 11.9. The summed E-state index contributed by atoms with van der Waals surface area (Å²) in [5.41, 5.74) is 0. The van der Waals surface area contributed by atoms with Crippen molar-refractivity contribution < 1.29 is 14.0 Å². The molecule has 0 aliphatic heterocycles. The number of unbranched alkanes of at least 4 members (excludes halogenated alkanes) is 1. The van der Waals surface area contributed by atoms with Gasteiger partial charge < -0.3 is 9.42 Å². The molecule has 0 radical (unpaired) electrons. The van der Waals surface area contributed by atoms with Crippen molar-refractivity contribution in [1.82, 2.24) is 0 Å². The van der Waals surface area contributed by atoms with E-state index in [4.69, 9.17) is 4.52 Å². The average molecular weight is 276 g/mol. The summed E-state index contributed by atoms with van der Waals surface area (Å²) < 4.78 is 17.7. The molecule has 108 valence electrons. The quantitative estimate of drug-likeness (QED) is 0.651. The van der Waals surface area contributed by atoms with Gasteiger partial charge in [-0.1, -0.05) is 52.4 Å². The van der Waals surface area contributed by atoms with E-state index in [2.05, 4.69) is 13.8 Å². The van der Waals surface area contributed by atoms with Gasteiger partial charge in [-0.05, 0) is 25.2 Å². The van der Waals surface area contributed by atoms with E-state index in [1.807, 2.05) is 0 Å². The molecule has 2 unspecified atom stereocenters. The van der Waals surface area contributed by atoms with Crippen LogP contribution < -0.4 is 0 Å². The fourth-order valence-corrected chi connectivity index (χ4v) is 4.55. The molecule has 1 aliphatic rings. The van der Waals surface area contributed by atoms with Crippen molar-refractivity contribution in [3.05, 3.63) is 0 Å². The Labute approximate surface area is 112 Å². The van der Waals surface area contributed by atoms with E-state index in [0.717, 1.165) is 51.4 Å². The summed E-state index contributed by atoms with van der Waals surface area (Å²) in [6.45, 7) is 4.25. The van der Waals surface area contributed by atoms with Crippen molar-refractivity contribution in [2.45, 2.75) is 77.7 Å². The Hall–Kier alpha value is 0.150. The first-order valence-corrected chi connectivity index (χ1v) is 9.34. The molecule has 1 saturated carbocycles. The zero-order valence-corrected chi connectivity index (χ0v) is 12.8. The predicted molar refractivity (Wildman–Crippen MR) is 76.0 cm³/mol. The smallest absolute Gasteiger partial charge is 0.324 e. The summed E-state index contributed by atoms with van der Waals surface area (Å²) in [5.74, 6) is 0.337. The normalized spacial score (nSPS) is 22.6. The van der Waals surface area contributed by atoms with Gasteiger partial charge in [0.25, 0.3) is 0 Å². The van der Waals surface area contributed by atoms with Crippen LogP contribution in [0.5, 0.6) is 0 Å². The van der Waals surface area contributed by atoms with Crippen LogP contribution >= 0.6 is 7.60 Å². The van der Waals surface area contributed by atoms with Gasteiger partial charge in [-0.25, -0.2) is 0 Å². The van der Waals surface area contributed by atoms with E-state index in [1.54, 1.807) is 0 Å². The third-order valence-corrected chi connectivity index (χ3v) is 5.50. The minimum atomic E-state index is -3.37. The molecule has 1 aliphatic carbocycles. The van der Waals surface area contributed by atoms with Crippen LogP contribution in [0.2, 0.25) is 0 Å². The Morgan fingerprint density at radius 2 is 1.94 bits per heavy atom. The highest BCUT2D eigenvalue weighted by molar-refractivity contribution is 7.52. The molecule has 1 fully saturated rings. The van der Waals surface area contributed by atoms with Gasteiger partial charge >= 0.3 is 7.60 Å². The summed E-state index contributed by atoms with van der Waals surface area (Å²) in [6, 6.07) is 0. The molecule has 4 heteroatoms. The van der Waals surface area contributed by atoms with Gasteiger partial charge in [0.1, 0.15) is 0 Å². The van der Waals surface area contributed by atoms with Gasteiger partial charge in [0.15, 0.2) is 0 Å². The molecular formula is C14H29O3P.